The molecule has 6 heteroatoms. The number of aryl methyl sites for hydroxylation is 2. The van der Waals surface area contributed by atoms with Crippen molar-refractivity contribution in [3.05, 3.63) is 64.7 Å². The summed E-state index contributed by atoms with van der Waals surface area (Å²) in [6, 6.07) is 14.0. The lowest BCUT2D eigenvalue weighted by atomic mass is 10.0. The van der Waals surface area contributed by atoms with Gasteiger partial charge < -0.3 is 0 Å². The summed E-state index contributed by atoms with van der Waals surface area (Å²) in [5, 5.41) is 12.5. The van der Waals surface area contributed by atoms with Crippen LogP contribution in [0.5, 0.6) is 0 Å². The van der Waals surface area contributed by atoms with Crippen LogP contribution in [0.3, 0.4) is 0 Å². The number of rotatable bonds is 6. The number of hydrogen-bond donors (Lipinski definition) is 0. The monoisotopic (exact) mass is 366 g/mol. The van der Waals surface area contributed by atoms with Crippen LogP contribution in [0, 0.1) is 13.8 Å². The second kappa shape index (κ2) is 7.83. The Morgan fingerprint density at radius 1 is 1.12 bits per heavy atom. The van der Waals surface area contributed by atoms with Gasteiger partial charge in [0.1, 0.15) is 0 Å². The predicted molar refractivity (Wildman–Crippen MR) is 104 cm³/mol. The van der Waals surface area contributed by atoms with Gasteiger partial charge in [-0.1, -0.05) is 61.5 Å². The number of tetrazole rings is 1. The van der Waals surface area contributed by atoms with E-state index in [1.165, 1.54) is 17.3 Å². The van der Waals surface area contributed by atoms with Gasteiger partial charge in [0, 0.05) is 5.56 Å². The van der Waals surface area contributed by atoms with Crippen LogP contribution >= 0.6 is 11.8 Å². The van der Waals surface area contributed by atoms with E-state index in [0.717, 1.165) is 22.4 Å². The first-order chi connectivity index (χ1) is 12.5. The molecule has 5 nitrogen and oxygen atoms in total. The largest absolute Gasteiger partial charge is 0.293 e. The van der Waals surface area contributed by atoms with Gasteiger partial charge in [0.15, 0.2) is 5.78 Å². The average Bonchev–Trinajstić information content (AvgIpc) is 3.08. The molecule has 0 aliphatic heterocycles. The zero-order valence-electron chi connectivity index (χ0n) is 15.4. The second-order valence-corrected chi connectivity index (χ2v) is 7.59. The minimum absolute atomic E-state index is 0.0807. The number of thioether (sulfide) groups is 1. The Bertz CT molecular complexity index is 916. The zero-order chi connectivity index (χ0) is 18.7. The van der Waals surface area contributed by atoms with E-state index in [2.05, 4.69) is 41.5 Å². The summed E-state index contributed by atoms with van der Waals surface area (Å²) in [4.78, 5) is 12.5. The van der Waals surface area contributed by atoms with E-state index in [1.807, 2.05) is 44.2 Å². The molecule has 2 aromatic carbocycles. The predicted octanol–water partition coefficient (Wildman–Crippen LogP) is 4.38. The normalized spacial score (nSPS) is 11.1. The molecule has 134 valence electrons. The maximum atomic E-state index is 12.5. The summed E-state index contributed by atoms with van der Waals surface area (Å²) in [5.41, 5.74) is 5.06. The van der Waals surface area contributed by atoms with Crippen molar-refractivity contribution in [1.29, 1.82) is 0 Å². The molecule has 0 spiro atoms. The molecule has 3 rings (SSSR count). The zero-order valence-corrected chi connectivity index (χ0v) is 16.2. The summed E-state index contributed by atoms with van der Waals surface area (Å²) >= 11 is 1.35. The van der Waals surface area contributed by atoms with Crippen LogP contribution in [-0.2, 0) is 0 Å². The highest BCUT2D eigenvalue weighted by Crippen LogP contribution is 2.22. The van der Waals surface area contributed by atoms with Crippen molar-refractivity contribution in [3.63, 3.8) is 0 Å². The highest BCUT2D eigenvalue weighted by Gasteiger charge is 2.14. The van der Waals surface area contributed by atoms with Gasteiger partial charge >= 0.3 is 0 Å². The van der Waals surface area contributed by atoms with E-state index in [9.17, 15) is 4.79 Å². The summed E-state index contributed by atoms with van der Waals surface area (Å²) < 4.78 is 1.67. The van der Waals surface area contributed by atoms with Gasteiger partial charge in [-0.05, 0) is 53.5 Å². The van der Waals surface area contributed by atoms with Crippen LogP contribution in [-0.4, -0.2) is 31.7 Å². The van der Waals surface area contributed by atoms with E-state index < -0.39 is 0 Å². The molecule has 0 bridgehead atoms. The summed E-state index contributed by atoms with van der Waals surface area (Å²) in [5.74, 6) is 0.855. The van der Waals surface area contributed by atoms with Crippen molar-refractivity contribution in [2.75, 3.05) is 5.75 Å². The summed E-state index contributed by atoms with van der Waals surface area (Å²) in [7, 11) is 0. The van der Waals surface area contributed by atoms with Crippen LogP contribution < -0.4 is 0 Å². The molecule has 1 aromatic heterocycles. The third-order valence-corrected chi connectivity index (χ3v) is 5.18. The van der Waals surface area contributed by atoms with Crippen LogP contribution in [0.15, 0.2) is 47.6 Å². The molecule has 26 heavy (non-hydrogen) atoms. The molecule has 0 N–H and O–H groups in total. The molecule has 0 saturated heterocycles. The Morgan fingerprint density at radius 2 is 1.85 bits per heavy atom. The van der Waals surface area contributed by atoms with E-state index in [0.29, 0.717) is 16.8 Å². The number of ketones is 1. The van der Waals surface area contributed by atoms with Gasteiger partial charge in [-0.25, -0.2) is 0 Å². The van der Waals surface area contributed by atoms with Crippen molar-refractivity contribution >= 4 is 17.5 Å². The van der Waals surface area contributed by atoms with Crippen molar-refractivity contribution < 1.29 is 4.79 Å². The second-order valence-electron chi connectivity index (χ2n) is 6.65. The third kappa shape index (κ3) is 4.02. The average molecular weight is 366 g/mol. The van der Waals surface area contributed by atoms with Crippen molar-refractivity contribution in [3.8, 4) is 5.69 Å². The van der Waals surface area contributed by atoms with Crippen LogP contribution in [0.1, 0.15) is 46.8 Å². The van der Waals surface area contributed by atoms with Gasteiger partial charge in [0.25, 0.3) is 0 Å². The molecule has 3 aromatic rings. The Kier molecular flexibility index (Phi) is 5.52. The molecular weight excluding hydrogens is 344 g/mol. The minimum Gasteiger partial charge on any atom is -0.293 e. The Labute approximate surface area is 157 Å². The Balaban J connectivity index is 1.74. The van der Waals surface area contributed by atoms with Crippen molar-refractivity contribution in [2.24, 2.45) is 0 Å². The van der Waals surface area contributed by atoms with E-state index >= 15 is 0 Å². The molecule has 1 heterocycles. The molecule has 0 fully saturated rings. The molecule has 0 aliphatic rings. The number of carbonyl (C=O) groups is 1. The molecule has 0 atom stereocenters. The highest BCUT2D eigenvalue weighted by atomic mass is 32.2. The smallest absolute Gasteiger partial charge is 0.214 e. The number of hydrogen-bond acceptors (Lipinski definition) is 5. The van der Waals surface area contributed by atoms with Crippen molar-refractivity contribution in [1.82, 2.24) is 20.2 Å². The fraction of sp³-hybridized carbons (Fsp3) is 0.300. The van der Waals surface area contributed by atoms with Gasteiger partial charge in [0.2, 0.25) is 5.16 Å². The van der Waals surface area contributed by atoms with Gasteiger partial charge in [0.05, 0.1) is 11.4 Å². The summed E-state index contributed by atoms with van der Waals surface area (Å²) in [6.07, 6.45) is 0. The van der Waals surface area contributed by atoms with E-state index in [1.54, 1.807) is 4.68 Å². The topological polar surface area (TPSA) is 60.7 Å². The number of benzene rings is 2. The Morgan fingerprint density at radius 3 is 2.50 bits per heavy atom. The lowest BCUT2D eigenvalue weighted by Crippen LogP contribution is -2.07. The molecular formula is C20H22N4OS. The van der Waals surface area contributed by atoms with Crippen molar-refractivity contribution in [2.45, 2.75) is 38.8 Å². The van der Waals surface area contributed by atoms with Gasteiger partial charge in [-0.15, -0.1) is 5.10 Å². The quantitative estimate of drug-likeness (QED) is 0.479. The number of aromatic nitrogens is 4. The van der Waals surface area contributed by atoms with Gasteiger partial charge in [-0.3, -0.25) is 4.79 Å². The SMILES string of the molecule is Cc1ccc(C(=O)CSc2nnnn2-c2ccc(C(C)C)cc2)c(C)c1. The van der Waals surface area contributed by atoms with Crippen LogP contribution in [0.4, 0.5) is 0 Å². The molecule has 0 saturated carbocycles. The van der Waals surface area contributed by atoms with Gasteiger partial charge in [-0.2, -0.15) is 4.68 Å². The molecule has 0 aliphatic carbocycles. The van der Waals surface area contributed by atoms with Crippen LogP contribution in [0.2, 0.25) is 0 Å². The molecule has 0 unspecified atom stereocenters. The first-order valence-corrected chi connectivity index (χ1v) is 9.56. The number of carbonyl (C=O) groups excluding carboxylic acids is 1. The molecule has 0 radical (unpaired) electrons. The fourth-order valence-corrected chi connectivity index (χ4v) is 3.54. The maximum absolute atomic E-state index is 12.5. The van der Waals surface area contributed by atoms with E-state index in [-0.39, 0.29) is 5.78 Å². The first-order valence-electron chi connectivity index (χ1n) is 8.57. The lowest BCUT2D eigenvalue weighted by molar-refractivity contribution is 0.102. The maximum Gasteiger partial charge on any atom is 0.214 e. The fourth-order valence-electron chi connectivity index (χ4n) is 2.77. The number of Topliss-reactive ketones (excluding diaryl/α,β-unsaturated/α-hetero) is 1. The highest BCUT2D eigenvalue weighted by molar-refractivity contribution is 7.99. The van der Waals surface area contributed by atoms with E-state index in [4.69, 9.17) is 0 Å². The Hall–Kier alpha value is -2.47. The molecule has 0 amide bonds. The third-order valence-electron chi connectivity index (χ3n) is 4.26. The lowest BCUT2D eigenvalue weighted by Gasteiger charge is -2.08. The first kappa shape index (κ1) is 18.3. The standard InChI is InChI=1S/C20H22N4OS/c1-13(2)16-6-8-17(9-7-16)24-20(21-22-23-24)26-12-19(25)18-10-5-14(3)11-15(18)4/h5-11,13H,12H2,1-4H3. The van der Waals surface area contributed by atoms with Crippen LogP contribution in [0.25, 0.3) is 5.69 Å². The summed E-state index contributed by atoms with van der Waals surface area (Å²) in [6.45, 7) is 8.30. The number of nitrogens with zero attached hydrogens (tertiary/aromatic N) is 4. The minimum atomic E-state index is 0.0807.